The normalized spacial score (nSPS) is 33.9. The summed E-state index contributed by atoms with van der Waals surface area (Å²) in [5.41, 5.74) is 6.82. The zero-order valence-electron chi connectivity index (χ0n) is 8.36. The molecule has 0 spiro atoms. The Balaban J connectivity index is 2.03. The topological polar surface area (TPSA) is 61.6 Å². The molecule has 1 saturated heterocycles. The molecule has 2 heterocycles. The number of allylic oxidation sites excluding steroid dienone is 3. The summed E-state index contributed by atoms with van der Waals surface area (Å²) in [6, 6.07) is -0.219. The van der Waals surface area contributed by atoms with Crippen molar-refractivity contribution in [2.75, 3.05) is 13.2 Å². The summed E-state index contributed by atoms with van der Waals surface area (Å²) in [5.74, 6) is 0.960. The Morgan fingerprint density at radius 3 is 3.13 bits per heavy atom. The van der Waals surface area contributed by atoms with E-state index in [2.05, 4.69) is 0 Å². The fraction of sp³-hybridized carbons (Fsp3) is 0.545. The molecule has 0 radical (unpaired) electrons. The average Bonchev–Trinajstić information content (AvgIpc) is 2.61. The van der Waals surface area contributed by atoms with Crippen molar-refractivity contribution in [2.45, 2.75) is 18.9 Å². The van der Waals surface area contributed by atoms with Crippen molar-refractivity contribution in [3.63, 3.8) is 0 Å². The van der Waals surface area contributed by atoms with E-state index in [0.29, 0.717) is 19.0 Å². The number of ether oxygens (including phenoxy) is 2. The summed E-state index contributed by atoms with van der Waals surface area (Å²) in [4.78, 5) is 12.1. The Morgan fingerprint density at radius 2 is 2.27 bits per heavy atom. The molecule has 0 aromatic heterocycles. The van der Waals surface area contributed by atoms with Crippen LogP contribution in [0.2, 0.25) is 0 Å². The second-order valence-electron chi connectivity index (χ2n) is 4.17. The van der Waals surface area contributed by atoms with Crippen LogP contribution in [0.25, 0.3) is 0 Å². The maximum Gasteiger partial charge on any atom is 0.209 e. The van der Waals surface area contributed by atoms with Gasteiger partial charge in [-0.2, -0.15) is 0 Å². The summed E-state index contributed by atoms with van der Waals surface area (Å²) in [6.45, 7) is 1.07. The Labute approximate surface area is 87.7 Å². The van der Waals surface area contributed by atoms with Crippen LogP contribution in [0.1, 0.15) is 12.8 Å². The lowest BCUT2D eigenvalue weighted by molar-refractivity contribution is -0.122. The molecule has 0 bridgehead atoms. The first kappa shape index (κ1) is 8.97. The Hall–Kier alpha value is -1.29. The lowest BCUT2D eigenvalue weighted by Crippen LogP contribution is -2.37. The highest BCUT2D eigenvalue weighted by molar-refractivity contribution is 6.00. The fourth-order valence-corrected chi connectivity index (χ4v) is 2.37. The van der Waals surface area contributed by atoms with E-state index < -0.39 is 0 Å². The fourth-order valence-electron chi connectivity index (χ4n) is 2.37. The maximum absolute atomic E-state index is 12.1. The zero-order chi connectivity index (χ0) is 10.4. The number of hydrogen-bond donors (Lipinski definition) is 1. The molecule has 15 heavy (non-hydrogen) atoms. The van der Waals surface area contributed by atoms with Crippen LogP contribution in [0.3, 0.4) is 0 Å². The van der Waals surface area contributed by atoms with Gasteiger partial charge in [0, 0.05) is 5.57 Å². The summed E-state index contributed by atoms with van der Waals surface area (Å²) in [7, 11) is 0. The first-order chi connectivity index (χ1) is 7.27. The van der Waals surface area contributed by atoms with Crippen molar-refractivity contribution in [1.82, 2.24) is 0 Å². The van der Waals surface area contributed by atoms with Gasteiger partial charge in [-0.3, -0.25) is 4.79 Å². The number of carbonyl (C=O) groups excluding carboxylic acids is 1. The molecule has 2 aliphatic heterocycles. The summed E-state index contributed by atoms with van der Waals surface area (Å²) >= 11 is 0. The highest BCUT2D eigenvalue weighted by Gasteiger charge is 2.43. The van der Waals surface area contributed by atoms with E-state index in [0.717, 1.165) is 24.2 Å². The SMILES string of the molecule is NC1COC2=CC3=C(OCCC3)C(=O)C21. The third kappa shape index (κ3) is 1.21. The highest BCUT2D eigenvalue weighted by Crippen LogP contribution is 2.36. The average molecular weight is 207 g/mol. The third-order valence-electron chi connectivity index (χ3n) is 3.13. The van der Waals surface area contributed by atoms with E-state index in [9.17, 15) is 4.79 Å². The molecule has 0 saturated carbocycles. The number of fused-ring (bicyclic) bond motifs is 1. The van der Waals surface area contributed by atoms with Crippen LogP contribution < -0.4 is 5.73 Å². The minimum absolute atomic E-state index is 0.00667. The quantitative estimate of drug-likeness (QED) is 0.628. The van der Waals surface area contributed by atoms with Crippen molar-refractivity contribution >= 4 is 5.78 Å². The molecule has 0 amide bonds. The van der Waals surface area contributed by atoms with Crippen LogP contribution in [-0.4, -0.2) is 25.0 Å². The maximum atomic E-state index is 12.1. The van der Waals surface area contributed by atoms with Gasteiger partial charge >= 0.3 is 0 Å². The molecule has 3 aliphatic rings. The highest BCUT2D eigenvalue weighted by atomic mass is 16.5. The molecule has 2 N–H and O–H groups in total. The second-order valence-corrected chi connectivity index (χ2v) is 4.17. The van der Waals surface area contributed by atoms with Crippen molar-refractivity contribution in [3.8, 4) is 0 Å². The predicted molar refractivity (Wildman–Crippen MR) is 52.7 cm³/mol. The molecule has 4 nitrogen and oxygen atoms in total. The van der Waals surface area contributed by atoms with E-state index in [-0.39, 0.29) is 17.7 Å². The number of rotatable bonds is 0. The number of Topliss-reactive ketones (excluding diaryl/α,β-unsaturated/α-hetero) is 1. The zero-order valence-corrected chi connectivity index (χ0v) is 8.36. The summed E-state index contributed by atoms with van der Waals surface area (Å²) in [5, 5.41) is 0. The van der Waals surface area contributed by atoms with Gasteiger partial charge in [-0.25, -0.2) is 0 Å². The number of nitrogens with two attached hydrogens (primary N) is 1. The van der Waals surface area contributed by atoms with Gasteiger partial charge in [-0.15, -0.1) is 0 Å². The van der Waals surface area contributed by atoms with Crippen molar-refractivity contribution in [2.24, 2.45) is 11.7 Å². The van der Waals surface area contributed by atoms with Crippen LogP contribution >= 0.6 is 0 Å². The molecule has 80 valence electrons. The molecule has 0 aromatic rings. The van der Waals surface area contributed by atoms with Gasteiger partial charge in [0.15, 0.2) is 5.76 Å². The summed E-state index contributed by atoms with van der Waals surface area (Å²) in [6.07, 6.45) is 3.80. The van der Waals surface area contributed by atoms with Crippen LogP contribution in [0, 0.1) is 5.92 Å². The lowest BCUT2D eigenvalue weighted by Gasteiger charge is -2.25. The van der Waals surface area contributed by atoms with Crippen molar-refractivity contribution in [1.29, 1.82) is 0 Å². The Morgan fingerprint density at radius 1 is 1.40 bits per heavy atom. The van der Waals surface area contributed by atoms with Crippen LogP contribution in [-0.2, 0) is 14.3 Å². The summed E-state index contributed by atoms with van der Waals surface area (Å²) < 4.78 is 10.8. The Bertz CT molecular complexity index is 383. The van der Waals surface area contributed by atoms with Gasteiger partial charge < -0.3 is 15.2 Å². The van der Waals surface area contributed by atoms with Crippen LogP contribution in [0.5, 0.6) is 0 Å². The van der Waals surface area contributed by atoms with Gasteiger partial charge in [0.2, 0.25) is 5.78 Å². The molecule has 0 aromatic carbocycles. The minimum Gasteiger partial charge on any atom is -0.495 e. The molecule has 2 unspecified atom stereocenters. The van der Waals surface area contributed by atoms with E-state index in [1.54, 1.807) is 0 Å². The third-order valence-corrected chi connectivity index (χ3v) is 3.13. The van der Waals surface area contributed by atoms with Gasteiger partial charge in [0.1, 0.15) is 18.3 Å². The molecule has 4 heteroatoms. The van der Waals surface area contributed by atoms with Crippen LogP contribution in [0.15, 0.2) is 23.2 Å². The molecule has 1 fully saturated rings. The number of hydrogen-bond acceptors (Lipinski definition) is 4. The van der Waals surface area contributed by atoms with Gasteiger partial charge in [-0.05, 0) is 18.9 Å². The monoisotopic (exact) mass is 207 g/mol. The molecule has 2 atom stereocenters. The smallest absolute Gasteiger partial charge is 0.209 e. The predicted octanol–water partition coefficient (Wildman–Crippen LogP) is 0.491. The lowest BCUT2D eigenvalue weighted by atomic mass is 9.86. The molecular weight excluding hydrogens is 194 g/mol. The largest absolute Gasteiger partial charge is 0.495 e. The molecule has 1 aliphatic carbocycles. The van der Waals surface area contributed by atoms with E-state index >= 15 is 0 Å². The van der Waals surface area contributed by atoms with E-state index in [1.165, 1.54) is 0 Å². The Kier molecular flexibility index (Phi) is 1.85. The van der Waals surface area contributed by atoms with E-state index in [4.69, 9.17) is 15.2 Å². The molecule has 3 rings (SSSR count). The first-order valence-corrected chi connectivity index (χ1v) is 5.27. The van der Waals surface area contributed by atoms with Gasteiger partial charge in [-0.1, -0.05) is 0 Å². The van der Waals surface area contributed by atoms with Crippen molar-refractivity contribution < 1.29 is 14.3 Å². The van der Waals surface area contributed by atoms with Crippen molar-refractivity contribution in [3.05, 3.63) is 23.2 Å². The minimum atomic E-state index is -0.304. The number of ketones is 1. The van der Waals surface area contributed by atoms with Gasteiger partial charge in [0.05, 0.1) is 12.6 Å². The standard InChI is InChI=1S/C11H13NO3/c12-7-5-15-8-4-6-2-1-3-14-11(6)10(13)9(7)8/h4,7,9H,1-3,5,12H2. The van der Waals surface area contributed by atoms with Crippen LogP contribution in [0.4, 0.5) is 0 Å². The first-order valence-electron chi connectivity index (χ1n) is 5.27. The van der Waals surface area contributed by atoms with Gasteiger partial charge in [0.25, 0.3) is 0 Å². The second kappa shape index (κ2) is 3.10. The molecular formula is C11H13NO3. The van der Waals surface area contributed by atoms with E-state index in [1.807, 2.05) is 6.08 Å². The number of carbonyl (C=O) groups is 1.